The molecule has 1 atom stereocenters. The second-order valence-corrected chi connectivity index (χ2v) is 3.95. The van der Waals surface area contributed by atoms with Crippen molar-refractivity contribution in [1.29, 1.82) is 0 Å². The fourth-order valence-electron chi connectivity index (χ4n) is 1.87. The van der Waals surface area contributed by atoms with Gasteiger partial charge in [0.15, 0.2) is 0 Å². The summed E-state index contributed by atoms with van der Waals surface area (Å²) in [7, 11) is 0. The molecule has 4 heteroatoms. The van der Waals surface area contributed by atoms with Gasteiger partial charge in [-0.1, -0.05) is 18.2 Å². The van der Waals surface area contributed by atoms with Crippen LogP contribution < -0.4 is 16.2 Å². The van der Waals surface area contributed by atoms with Crippen LogP contribution in [0.1, 0.15) is 24.1 Å². The zero-order valence-electron chi connectivity index (χ0n) is 10.3. The van der Waals surface area contributed by atoms with Gasteiger partial charge in [0.05, 0.1) is 12.6 Å². The number of nitrogens with two attached hydrogens (primary N) is 2. The topological polar surface area (TPSA) is 74.2 Å². The quantitative estimate of drug-likeness (QED) is 0.862. The van der Waals surface area contributed by atoms with Crippen molar-refractivity contribution in [3.63, 3.8) is 0 Å². The lowest BCUT2D eigenvalue weighted by Gasteiger charge is -2.17. The molecule has 4 N–H and O–H groups in total. The first kappa shape index (κ1) is 12.4. The van der Waals surface area contributed by atoms with E-state index in [1.807, 2.05) is 31.2 Å². The Kier molecular flexibility index (Phi) is 3.79. The van der Waals surface area contributed by atoms with E-state index < -0.39 is 0 Å². The van der Waals surface area contributed by atoms with Gasteiger partial charge in [-0.05, 0) is 19.1 Å². The molecule has 0 saturated carbocycles. The summed E-state index contributed by atoms with van der Waals surface area (Å²) < 4.78 is 5.58. The van der Waals surface area contributed by atoms with Gasteiger partial charge in [-0.2, -0.15) is 0 Å². The summed E-state index contributed by atoms with van der Waals surface area (Å²) in [5.41, 5.74) is 14.5. The summed E-state index contributed by atoms with van der Waals surface area (Å²) in [5, 5.41) is 0. The standard InChI is InChI=1S/C14H17N3O/c1-2-18-13-6-4-3-5-10(13)14(16)11-9-17-8-7-12(11)15/h3-9,14H,2,16H2,1H3,(H2,15,17). The van der Waals surface area contributed by atoms with Gasteiger partial charge in [-0.3, -0.25) is 4.98 Å². The third-order valence-corrected chi connectivity index (χ3v) is 2.78. The highest BCUT2D eigenvalue weighted by Crippen LogP contribution is 2.30. The van der Waals surface area contributed by atoms with E-state index in [1.165, 1.54) is 0 Å². The van der Waals surface area contributed by atoms with Crippen LogP contribution in [0.15, 0.2) is 42.7 Å². The molecule has 0 aliphatic rings. The van der Waals surface area contributed by atoms with Gasteiger partial charge >= 0.3 is 0 Å². The van der Waals surface area contributed by atoms with Gasteiger partial charge in [0, 0.05) is 29.2 Å². The van der Waals surface area contributed by atoms with Crippen molar-refractivity contribution in [2.45, 2.75) is 13.0 Å². The van der Waals surface area contributed by atoms with Gasteiger partial charge in [0.1, 0.15) is 5.75 Å². The van der Waals surface area contributed by atoms with Crippen molar-refractivity contribution in [1.82, 2.24) is 4.98 Å². The average Bonchev–Trinajstić information content (AvgIpc) is 2.40. The Morgan fingerprint density at radius 1 is 1.22 bits per heavy atom. The number of aromatic nitrogens is 1. The van der Waals surface area contributed by atoms with Crippen LogP contribution in [0, 0.1) is 0 Å². The maximum atomic E-state index is 6.25. The molecule has 1 heterocycles. The maximum Gasteiger partial charge on any atom is 0.124 e. The van der Waals surface area contributed by atoms with Crippen molar-refractivity contribution in [3.8, 4) is 5.75 Å². The average molecular weight is 243 g/mol. The van der Waals surface area contributed by atoms with Crippen LogP contribution in [0.3, 0.4) is 0 Å². The molecule has 0 amide bonds. The number of ether oxygens (including phenoxy) is 1. The Bertz CT molecular complexity index is 528. The third-order valence-electron chi connectivity index (χ3n) is 2.78. The summed E-state index contributed by atoms with van der Waals surface area (Å²) in [6, 6.07) is 9.13. The summed E-state index contributed by atoms with van der Waals surface area (Å²) in [4.78, 5) is 4.07. The van der Waals surface area contributed by atoms with Crippen molar-refractivity contribution < 1.29 is 4.74 Å². The van der Waals surface area contributed by atoms with Crippen molar-refractivity contribution in [2.75, 3.05) is 12.3 Å². The number of hydrogen-bond acceptors (Lipinski definition) is 4. The number of nitrogens with zero attached hydrogens (tertiary/aromatic N) is 1. The molecule has 1 unspecified atom stereocenters. The molecule has 94 valence electrons. The molecule has 2 rings (SSSR count). The fraction of sp³-hybridized carbons (Fsp3) is 0.214. The summed E-state index contributed by atoms with van der Waals surface area (Å²) >= 11 is 0. The largest absolute Gasteiger partial charge is 0.494 e. The van der Waals surface area contributed by atoms with E-state index in [-0.39, 0.29) is 6.04 Å². The predicted octanol–water partition coefficient (Wildman–Crippen LogP) is 2.11. The molecule has 0 bridgehead atoms. The van der Waals surface area contributed by atoms with E-state index in [0.717, 1.165) is 16.9 Å². The highest BCUT2D eigenvalue weighted by atomic mass is 16.5. The highest BCUT2D eigenvalue weighted by Gasteiger charge is 2.16. The van der Waals surface area contributed by atoms with E-state index >= 15 is 0 Å². The number of rotatable bonds is 4. The molecule has 0 spiro atoms. The predicted molar refractivity (Wildman–Crippen MR) is 72.3 cm³/mol. The summed E-state index contributed by atoms with van der Waals surface area (Å²) in [6.45, 7) is 2.55. The lowest BCUT2D eigenvalue weighted by atomic mass is 9.99. The molecule has 1 aromatic carbocycles. The lowest BCUT2D eigenvalue weighted by molar-refractivity contribution is 0.335. The van der Waals surface area contributed by atoms with Crippen LogP contribution in [0.4, 0.5) is 5.69 Å². The van der Waals surface area contributed by atoms with Crippen molar-refractivity contribution in [3.05, 3.63) is 53.9 Å². The third kappa shape index (κ3) is 2.43. The molecule has 0 aliphatic carbocycles. The van der Waals surface area contributed by atoms with Crippen LogP contribution >= 0.6 is 0 Å². The number of pyridine rings is 1. The number of para-hydroxylation sites is 1. The minimum atomic E-state index is -0.332. The first-order valence-corrected chi connectivity index (χ1v) is 5.90. The molecule has 1 aromatic heterocycles. The SMILES string of the molecule is CCOc1ccccc1C(N)c1cnccc1N. The first-order valence-electron chi connectivity index (χ1n) is 5.90. The van der Waals surface area contributed by atoms with Crippen LogP contribution in [0.2, 0.25) is 0 Å². The maximum absolute atomic E-state index is 6.25. The minimum Gasteiger partial charge on any atom is -0.494 e. The Morgan fingerprint density at radius 3 is 2.72 bits per heavy atom. The summed E-state index contributed by atoms with van der Waals surface area (Å²) in [5.74, 6) is 0.788. The second kappa shape index (κ2) is 5.51. The molecule has 0 aliphatic heterocycles. The van der Waals surface area contributed by atoms with Crippen molar-refractivity contribution >= 4 is 5.69 Å². The lowest BCUT2D eigenvalue weighted by Crippen LogP contribution is -2.15. The van der Waals surface area contributed by atoms with Crippen molar-refractivity contribution in [2.24, 2.45) is 5.73 Å². The number of anilines is 1. The van der Waals surface area contributed by atoms with Crippen LogP contribution in [0.25, 0.3) is 0 Å². The first-order chi connectivity index (χ1) is 8.74. The molecule has 0 radical (unpaired) electrons. The fourth-order valence-corrected chi connectivity index (χ4v) is 1.87. The number of benzene rings is 1. The molecular formula is C14H17N3O. The van der Waals surface area contributed by atoms with E-state index in [1.54, 1.807) is 18.5 Å². The zero-order chi connectivity index (χ0) is 13.0. The monoisotopic (exact) mass is 243 g/mol. The van der Waals surface area contributed by atoms with E-state index in [4.69, 9.17) is 16.2 Å². The van der Waals surface area contributed by atoms with Gasteiger partial charge in [0.25, 0.3) is 0 Å². The van der Waals surface area contributed by atoms with Gasteiger partial charge < -0.3 is 16.2 Å². The highest BCUT2D eigenvalue weighted by molar-refractivity contribution is 5.51. The minimum absolute atomic E-state index is 0.332. The second-order valence-electron chi connectivity index (χ2n) is 3.95. The van der Waals surface area contributed by atoms with Crippen LogP contribution in [-0.4, -0.2) is 11.6 Å². The molecular weight excluding hydrogens is 226 g/mol. The number of nitrogen functional groups attached to an aromatic ring is 1. The van der Waals surface area contributed by atoms with Gasteiger partial charge in [0.2, 0.25) is 0 Å². The molecule has 4 nitrogen and oxygen atoms in total. The van der Waals surface area contributed by atoms with E-state index in [0.29, 0.717) is 12.3 Å². The Balaban J connectivity index is 2.40. The van der Waals surface area contributed by atoms with E-state index in [9.17, 15) is 0 Å². The molecule has 0 fully saturated rings. The Labute approximate surface area is 107 Å². The summed E-state index contributed by atoms with van der Waals surface area (Å²) in [6.07, 6.45) is 3.35. The van der Waals surface area contributed by atoms with Crippen LogP contribution in [0.5, 0.6) is 5.75 Å². The van der Waals surface area contributed by atoms with Gasteiger partial charge in [-0.25, -0.2) is 0 Å². The molecule has 0 saturated heterocycles. The zero-order valence-corrected chi connectivity index (χ0v) is 10.3. The smallest absolute Gasteiger partial charge is 0.124 e. The van der Waals surface area contributed by atoms with E-state index in [2.05, 4.69) is 4.98 Å². The van der Waals surface area contributed by atoms with Gasteiger partial charge in [-0.15, -0.1) is 0 Å². The molecule has 2 aromatic rings. The Morgan fingerprint density at radius 2 is 2.00 bits per heavy atom. The Hall–Kier alpha value is -2.07. The number of hydrogen-bond donors (Lipinski definition) is 2. The molecule has 18 heavy (non-hydrogen) atoms. The normalized spacial score (nSPS) is 12.1. The van der Waals surface area contributed by atoms with Crippen LogP contribution in [-0.2, 0) is 0 Å².